The minimum absolute atomic E-state index is 0.217. The van der Waals surface area contributed by atoms with Crippen molar-refractivity contribution < 1.29 is 14.1 Å². The Hall–Kier alpha value is -2.30. The number of ether oxygens (including phenoxy) is 1. The first kappa shape index (κ1) is 13.1. The molecule has 0 radical (unpaired) electrons. The number of hydrogen-bond acceptors (Lipinski definition) is 4. The highest BCUT2D eigenvalue weighted by Gasteiger charge is 2.09. The molecule has 1 amide bonds. The Morgan fingerprint density at radius 2 is 2.11 bits per heavy atom. The quantitative estimate of drug-likeness (QED) is 0.892. The lowest BCUT2D eigenvalue weighted by atomic mass is 10.1. The smallest absolute Gasteiger partial charge is 0.273 e. The van der Waals surface area contributed by atoms with Crippen LogP contribution >= 0.6 is 0 Å². The van der Waals surface area contributed by atoms with Crippen LogP contribution in [0.5, 0.6) is 5.75 Å². The van der Waals surface area contributed by atoms with Crippen molar-refractivity contribution in [2.75, 3.05) is 13.7 Å². The van der Waals surface area contributed by atoms with Gasteiger partial charge in [0.15, 0.2) is 5.69 Å². The molecule has 1 aromatic heterocycles. The van der Waals surface area contributed by atoms with Crippen LogP contribution < -0.4 is 10.1 Å². The molecule has 2 rings (SSSR count). The van der Waals surface area contributed by atoms with E-state index < -0.39 is 0 Å². The number of nitrogens with one attached hydrogen (secondary N) is 1. The summed E-state index contributed by atoms with van der Waals surface area (Å²) in [5.74, 6) is 1.23. The lowest BCUT2D eigenvalue weighted by Crippen LogP contribution is -2.25. The van der Waals surface area contributed by atoms with Crippen LogP contribution in [0.15, 0.2) is 34.9 Å². The van der Waals surface area contributed by atoms with Crippen LogP contribution in [-0.4, -0.2) is 24.7 Å². The maximum absolute atomic E-state index is 11.7. The number of amides is 1. The SMILES string of the molecule is COc1ccc(CCNC(=O)c2cc(C)on2)cc1. The molecule has 5 nitrogen and oxygen atoms in total. The first-order chi connectivity index (χ1) is 9.19. The van der Waals surface area contributed by atoms with Crippen LogP contribution in [0.3, 0.4) is 0 Å². The van der Waals surface area contributed by atoms with Crippen molar-refractivity contribution in [2.24, 2.45) is 0 Å². The molecule has 5 heteroatoms. The molecule has 100 valence electrons. The van der Waals surface area contributed by atoms with E-state index in [0.717, 1.165) is 17.7 Å². The molecule has 0 bridgehead atoms. The molecule has 0 aliphatic heterocycles. The second kappa shape index (κ2) is 6.04. The van der Waals surface area contributed by atoms with Crippen LogP contribution in [0.25, 0.3) is 0 Å². The molecule has 0 spiro atoms. The number of nitrogens with zero attached hydrogens (tertiary/aromatic N) is 1. The predicted octanol–water partition coefficient (Wildman–Crippen LogP) is 1.96. The number of rotatable bonds is 5. The standard InChI is InChI=1S/C14H16N2O3/c1-10-9-13(16-19-10)14(17)15-8-7-11-3-5-12(18-2)6-4-11/h3-6,9H,7-8H2,1-2H3,(H,15,17). The molecular formula is C14H16N2O3. The maximum atomic E-state index is 11.7. The highest BCUT2D eigenvalue weighted by molar-refractivity contribution is 5.92. The van der Waals surface area contributed by atoms with Crippen molar-refractivity contribution in [3.63, 3.8) is 0 Å². The van der Waals surface area contributed by atoms with E-state index in [1.54, 1.807) is 20.1 Å². The molecule has 0 atom stereocenters. The second-order valence-electron chi connectivity index (χ2n) is 4.18. The summed E-state index contributed by atoms with van der Waals surface area (Å²) in [5, 5.41) is 6.46. The highest BCUT2D eigenvalue weighted by atomic mass is 16.5. The van der Waals surface area contributed by atoms with E-state index in [0.29, 0.717) is 18.0 Å². The van der Waals surface area contributed by atoms with Gasteiger partial charge in [0.05, 0.1) is 7.11 Å². The molecule has 1 heterocycles. The van der Waals surface area contributed by atoms with Gasteiger partial charge < -0.3 is 14.6 Å². The zero-order chi connectivity index (χ0) is 13.7. The Labute approximate surface area is 111 Å². The van der Waals surface area contributed by atoms with Crippen LogP contribution in [0.2, 0.25) is 0 Å². The number of benzene rings is 1. The van der Waals surface area contributed by atoms with Gasteiger partial charge >= 0.3 is 0 Å². The van der Waals surface area contributed by atoms with E-state index >= 15 is 0 Å². The Morgan fingerprint density at radius 3 is 2.68 bits per heavy atom. The van der Waals surface area contributed by atoms with E-state index in [4.69, 9.17) is 9.26 Å². The molecule has 1 aromatic carbocycles. The lowest BCUT2D eigenvalue weighted by molar-refractivity contribution is 0.0945. The molecule has 19 heavy (non-hydrogen) atoms. The summed E-state index contributed by atoms with van der Waals surface area (Å²) < 4.78 is 9.93. The van der Waals surface area contributed by atoms with Gasteiger partial charge in [-0.1, -0.05) is 17.3 Å². The summed E-state index contributed by atoms with van der Waals surface area (Å²) in [4.78, 5) is 11.7. The Morgan fingerprint density at radius 1 is 1.37 bits per heavy atom. The molecular weight excluding hydrogens is 244 g/mol. The third kappa shape index (κ3) is 3.58. The van der Waals surface area contributed by atoms with E-state index in [2.05, 4.69) is 10.5 Å². The fourth-order valence-corrected chi connectivity index (χ4v) is 1.68. The van der Waals surface area contributed by atoms with Crippen molar-refractivity contribution in [1.82, 2.24) is 10.5 Å². The van der Waals surface area contributed by atoms with E-state index in [9.17, 15) is 4.79 Å². The average Bonchev–Trinajstić information content (AvgIpc) is 2.86. The fraction of sp³-hybridized carbons (Fsp3) is 0.286. The molecule has 2 aromatic rings. The molecule has 0 aliphatic rings. The normalized spacial score (nSPS) is 10.2. The van der Waals surface area contributed by atoms with Crippen molar-refractivity contribution in [3.05, 3.63) is 47.3 Å². The van der Waals surface area contributed by atoms with Gasteiger partial charge in [-0.15, -0.1) is 0 Å². The molecule has 0 saturated carbocycles. The lowest BCUT2D eigenvalue weighted by Gasteiger charge is -2.04. The van der Waals surface area contributed by atoms with Gasteiger partial charge in [-0.2, -0.15) is 0 Å². The number of aromatic nitrogens is 1. The van der Waals surface area contributed by atoms with Crippen LogP contribution in [0, 0.1) is 6.92 Å². The molecule has 0 aliphatic carbocycles. The van der Waals surface area contributed by atoms with Gasteiger partial charge in [0.25, 0.3) is 5.91 Å². The summed E-state index contributed by atoms with van der Waals surface area (Å²) in [7, 11) is 1.63. The average molecular weight is 260 g/mol. The van der Waals surface area contributed by atoms with Crippen molar-refractivity contribution in [3.8, 4) is 5.75 Å². The third-order valence-corrected chi connectivity index (χ3v) is 2.72. The summed E-state index contributed by atoms with van der Waals surface area (Å²) in [6, 6.07) is 9.37. The summed E-state index contributed by atoms with van der Waals surface area (Å²) >= 11 is 0. The predicted molar refractivity (Wildman–Crippen MR) is 70.3 cm³/mol. The van der Waals surface area contributed by atoms with Crippen molar-refractivity contribution in [2.45, 2.75) is 13.3 Å². The molecule has 0 unspecified atom stereocenters. The van der Waals surface area contributed by atoms with Gasteiger partial charge in [-0.25, -0.2) is 0 Å². The molecule has 0 fully saturated rings. The number of carbonyl (C=O) groups excluding carboxylic acids is 1. The first-order valence-corrected chi connectivity index (χ1v) is 6.03. The number of methoxy groups -OCH3 is 1. The minimum Gasteiger partial charge on any atom is -0.497 e. The molecule has 0 saturated heterocycles. The van der Waals surface area contributed by atoms with Crippen molar-refractivity contribution >= 4 is 5.91 Å². The van der Waals surface area contributed by atoms with Gasteiger partial charge in [-0.3, -0.25) is 4.79 Å². The number of hydrogen-bond donors (Lipinski definition) is 1. The van der Waals surface area contributed by atoms with Crippen molar-refractivity contribution in [1.29, 1.82) is 0 Å². The number of carbonyl (C=O) groups is 1. The zero-order valence-corrected chi connectivity index (χ0v) is 11.0. The first-order valence-electron chi connectivity index (χ1n) is 6.03. The molecule has 1 N–H and O–H groups in total. The Bertz CT molecular complexity index is 546. The Balaban J connectivity index is 1.81. The van der Waals surface area contributed by atoms with E-state index in [-0.39, 0.29) is 5.91 Å². The Kier molecular flexibility index (Phi) is 4.18. The third-order valence-electron chi connectivity index (χ3n) is 2.72. The minimum atomic E-state index is -0.217. The van der Waals surface area contributed by atoms with Gasteiger partial charge in [0.1, 0.15) is 11.5 Å². The highest BCUT2D eigenvalue weighted by Crippen LogP contribution is 2.11. The monoisotopic (exact) mass is 260 g/mol. The maximum Gasteiger partial charge on any atom is 0.273 e. The summed E-state index contributed by atoms with van der Waals surface area (Å²) in [5.41, 5.74) is 1.45. The van der Waals surface area contributed by atoms with Gasteiger partial charge in [-0.05, 0) is 31.0 Å². The zero-order valence-electron chi connectivity index (χ0n) is 11.0. The van der Waals surface area contributed by atoms with Gasteiger partial charge in [0.2, 0.25) is 0 Å². The van der Waals surface area contributed by atoms with E-state index in [1.165, 1.54) is 0 Å². The van der Waals surface area contributed by atoms with E-state index in [1.807, 2.05) is 24.3 Å². The topological polar surface area (TPSA) is 64.4 Å². The fourth-order valence-electron chi connectivity index (χ4n) is 1.68. The number of aryl methyl sites for hydroxylation is 1. The second-order valence-corrected chi connectivity index (χ2v) is 4.18. The van der Waals surface area contributed by atoms with Crippen LogP contribution in [-0.2, 0) is 6.42 Å². The van der Waals surface area contributed by atoms with Crippen LogP contribution in [0.1, 0.15) is 21.8 Å². The van der Waals surface area contributed by atoms with Crippen LogP contribution in [0.4, 0.5) is 0 Å². The van der Waals surface area contributed by atoms with Gasteiger partial charge in [0, 0.05) is 12.6 Å². The summed E-state index contributed by atoms with van der Waals surface area (Å²) in [6.07, 6.45) is 0.757. The largest absolute Gasteiger partial charge is 0.497 e. The summed E-state index contributed by atoms with van der Waals surface area (Å²) in [6.45, 7) is 2.30.